The molecule has 6 heteroatoms. The lowest BCUT2D eigenvalue weighted by atomic mass is 10.1. The highest BCUT2D eigenvalue weighted by Crippen LogP contribution is 2.16. The maximum atomic E-state index is 11.3. The zero-order valence-electron chi connectivity index (χ0n) is 11.5. The number of hydrogen-bond donors (Lipinski definition) is 1. The Morgan fingerprint density at radius 2 is 2.37 bits per heavy atom. The van der Waals surface area contributed by atoms with Crippen LogP contribution < -0.4 is 5.32 Å². The fourth-order valence-electron chi connectivity index (χ4n) is 2.16. The molecule has 1 fully saturated rings. The zero-order chi connectivity index (χ0) is 13.8. The van der Waals surface area contributed by atoms with Crippen LogP contribution >= 0.6 is 0 Å². The molecule has 0 aliphatic carbocycles. The third-order valence-electron chi connectivity index (χ3n) is 3.28. The van der Waals surface area contributed by atoms with E-state index < -0.39 is 0 Å². The van der Waals surface area contributed by atoms with Crippen LogP contribution in [0.2, 0.25) is 0 Å². The van der Waals surface area contributed by atoms with E-state index in [4.69, 9.17) is 9.47 Å². The summed E-state index contributed by atoms with van der Waals surface area (Å²) in [4.78, 5) is 19.8. The van der Waals surface area contributed by atoms with Gasteiger partial charge in [0.25, 0.3) is 0 Å². The van der Waals surface area contributed by atoms with E-state index >= 15 is 0 Å². The van der Waals surface area contributed by atoms with Crippen LogP contribution in [0.5, 0.6) is 0 Å². The molecule has 0 bridgehead atoms. The topological polar surface area (TPSA) is 73.3 Å². The molecular weight excluding hydrogens is 246 g/mol. The number of hydrogen-bond acceptors (Lipinski definition) is 6. The van der Waals surface area contributed by atoms with Crippen molar-refractivity contribution in [1.29, 1.82) is 0 Å². The van der Waals surface area contributed by atoms with Gasteiger partial charge in [-0.1, -0.05) is 0 Å². The predicted octanol–water partition coefficient (Wildman–Crippen LogP) is 1.20. The first-order chi connectivity index (χ1) is 9.11. The molecule has 1 saturated heterocycles. The second-order valence-electron chi connectivity index (χ2n) is 4.64. The molecule has 2 rings (SSSR count). The first-order valence-corrected chi connectivity index (χ1v) is 6.33. The number of nitrogens with zero attached hydrogens (tertiary/aromatic N) is 2. The van der Waals surface area contributed by atoms with Crippen molar-refractivity contribution in [2.75, 3.05) is 25.6 Å². The van der Waals surface area contributed by atoms with Crippen LogP contribution in [0.3, 0.4) is 0 Å². The van der Waals surface area contributed by atoms with Gasteiger partial charge in [0.1, 0.15) is 6.10 Å². The van der Waals surface area contributed by atoms with Crippen molar-refractivity contribution in [3.05, 3.63) is 17.5 Å². The number of aromatic nitrogens is 2. The van der Waals surface area contributed by atoms with E-state index in [0.29, 0.717) is 30.4 Å². The molecule has 19 heavy (non-hydrogen) atoms. The van der Waals surface area contributed by atoms with Gasteiger partial charge in [0.15, 0.2) is 5.78 Å². The summed E-state index contributed by atoms with van der Waals surface area (Å²) >= 11 is 0. The van der Waals surface area contributed by atoms with Crippen molar-refractivity contribution >= 4 is 11.7 Å². The highest BCUT2D eigenvalue weighted by Gasteiger charge is 2.26. The van der Waals surface area contributed by atoms with E-state index in [1.54, 1.807) is 20.2 Å². The number of ether oxygens (including phenoxy) is 2. The average molecular weight is 265 g/mol. The smallest absolute Gasteiger partial charge is 0.223 e. The van der Waals surface area contributed by atoms with Gasteiger partial charge in [-0.25, -0.2) is 9.97 Å². The average Bonchev–Trinajstić information content (AvgIpc) is 2.39. The molecule has 0 radical (unpaired) electrons. The van der Waals surface area contributed by atoms with E-state index in [9.17, 15) is 4.79 Å². The van der Waals surface area contributed by atoms with Crippen LogP contribution in [-0.4, -0.2) is 48.2 Å². The monoisotopic (exact) mass is 265 g/mol. The molecule has 0 aromatic carbocycles. The fraction of sp³-hybridized carbons (Fsp3) is 0.615. The number of anilines is 1. The number of ketones is 1. The van der Waals surface area contributed by atoms with Gasteiger partial charge >= 0.3 is 0 Å². The Bertz CT molecular complexity index is 464. The molecule has 1 aromatic heterocycles. The van der Waals surface area contributed by atoms with Gasteiger partial charge in [-0.15, -0.1) is 0 Å². The van der Waals surface area contributed by atoms with E-state index in [2.05, 4.69) is 15.3 Å². The second-order valence-corrected chi connectivity index (χ2v) is 4.64. The Kier molecular flexibility index (Phi) is 4.44. The molecule has 0 unspecified atom stereocenters. The lowest BCUT2D eigenvalue weighted by Crippen LogP contribution is -2.43. The van der Waals surface area contributed by atoms with Crippen LogP contribution in [0.25, 0.3) is 0 Å². The summed E-state index contributed by atoms with van der Waals surface area (Å²) in [5.74, 6) is 0.501. The third-order valence-corrected chi connectivity index (χ3v) is 3.28. The van der Waals surface area contributed by atoms with Crippen LogP contribution in [0.1, 0.15) is 29.4 Å². The van der Waals surface area contributed by atoms with Crippen LogP contribution in [-0.2, 0) is 9.47 Å². The summed E-state index contributed by atoms with van der Waals surface area (Å²) in [5.41, 5.74) is 1.24. The first-order valence-electron chi connectivity index (χ1n) is 6.33. The molecule has 0 saturated carbocycles. The SMILES string of the molecule is CO[C@H]1COCC[C@@H]1Nc1ncc(C(C)=O)c(C)n1. The van der Waals surface area contributed by atoms with E-state index in [0.717, 1.165) is 6.42 Å². The summed E-state index contributed by atoms with van der Waals surface area (Å²) < 4.78 is 10.7. The van der Waals surface area contributed by atoms with Gasteiger partial charge in [0, 0.05) is 19.9 Å². The summed E-state index contributed by atoms with van der Waals surface area (Å²) in [6.45, 7) is 4.58. The molecule has 0 spiro atoms. The summed E-state index contributed by atoms with van der Waals surface area (Å²) in [5, 5.41) is 3.25. The minimum Gasteiger partial charge on any atom is -0.379 e. The third kappa shape index (κ3) is 3.27. The molecule has 2 heterocycles. The molecule has 2 atom stereocenters. The number of Topliss-reactive ketones (excluding diaryl/α,β-unsaturated/α-hetero) is 1. The van der Waals surface area contributed by atoms with Crippen LogP contribution in [0.4, 0.5) is 5.95 Å². The normalized spacial score (nSPS) is 23.1. The number of aryl methyl sites for hydroxylation is 1. The number of methoxy groups -OCH3 is 1. The maximum Gasteiger partial charge on any atom is 0.223 e. The fourth-order valence-corrected chi connectivity index (χ4v) is 2.16. The molecular formula is C13H19N3O3. The number of carbonyl (C=O) groups excluding carboxylic acids is 1. The Balaban J connectivity index is 2.10. The van der Waals surface area contributed by atoms with Crippen molar-refractivity contribution in [2.24, 2.45) is 0 Å². The molecule has 6 nitrogen and oxygen atoms in total. The zero-order valence-corrected chi connectivity index (χ0v) is 11.5. The molecule has 1 aliphatic heterocycles. The molecule has 1 aliphatic rings. The molecule has 0 amide bonds. The predicted molar refractivity (Wildman–Crippen MR) is 70.4 cm³/mol. The highest BCUT2D eigenvalue weighted by atomic mass is 16.5. The number of carbonyl (C=O) groups is 1. The molecule has 1 N–H and O–H groups in total. The Labute approximate surface area is 112 Å². The van der Waals surface area contributed by atoms with Gasteiger partial charge in [0.2, 0.25) is 5.95 Å². The number of nitrogens with one attached hydrogen (secondary N) is 1. The van der Waals surface area contributed by atoms with Gasteiger partial charge < -0.3 is 14.8 Å². The summed E-state index contributed by atoms with van der Waals surface area (Å²) in [7, 11) is 1.67. The lowest BCUT2D eigenvalue weighted by molar-refractivity contribution is -0.0367. The van der Waals surface area contributed by atoms with Crippen LogP contribution in [0.15, 0.2) is 6.20 Å². The van der Waals surface area contributed by atoms with Gasteiger partial charge in [-0.2, -0.15) is 0 Å². The van der Waals surface area contributed by atoms with E-state index in [-0.39, 0.29) is 17.9 Å². The Morgan fingerprint density at radius 1 is 1.58 bits per heavy atom. The van der Waals surface area contributed by atoms with Crippen molar-refractivity contribution in [3.8, 4) is 0 Å². The molecule has 104 valence electrons. The van der Waals surface area contributed by atoms with Crippen molar-refractivity contribution in [2.45, 2.75) is 32.4 Å². The van der Waals surface area contributed by atoms with Crippen molar-refractivity contribution in [1.82, 2.24) is 9.97 Å². The summed E-state index contributed by atoms with van der Waals surface area (Å²) in [6.07, 6.45) is 2.40. The Hall–Kier alpha value is -1.53. The molecule has 1 aromatic rings. The number of rotatable bonds is 4. The first kappa shape index (κ1) is 13.9. The quantitative estimate of drug-likeness (QED) is 0.825. The van der Waals surface area contributed by atoms with Gasteiger partial charge in [-0.3, -0.25) is 4.79 Å². The standard InChI is InChI=1S/C13H19N3O3/c1-8-10(9(2)17)6-14-13(15-8)16-11-4-5-19-7-12(11)18-3/h6,11-12H,4-5,7H2,1-3H3,(H,14,15,16)/t11-,12-/m0/s1. The largest absolute Gasteiger partial charge is 0.379 e. The maximum absolute atomic E-state index is 11.3. The minimum absolute atomic E-state index is 0.00913. The highest BCUT2D eigenvalue weighted by molar-refractivity contribution is 5.94. The van der Waals surface area contributed by atoms with E-state index in [1.807, 2.05) is 0 Å². The van der Waals surface area contributed by atoms with Crippen molar-refractivity contribution < 1.29 is 14.3 Å². The lowest BCUT2D eigenvalue weighted by Gasteiger charge is -2.31. The minimum atomic E-state index is -0.0233. The van der Waals surface area contributed by atoms with Gasteiger partial charge in [0.05, 0.1) is 23.9 Å². The van der Waals surface area contributed by atoms with E-state index in [1.165, 1.54) is 6.92 Å². The second kappa shape index (κ2) is 6.08. The van der Waals surface area contributed by atoms with Crippen LogP contribution in [0, 0.1) is 6.92 Å². The Morgan fingerprint density at radius 3 is 3.00 bits per heavy atom. The summed E-state index contributed by atoms with van der Waals surface area (Å²) in [6, 6.07) is 0.126. The van der Waals surface area contributed by atoms with Crippen molar-refractivity contribution in [3.63, 3.8) is 0 Å². The van der Waals surface area contributed by atoms with Gasteiger partial charge in [-0.05, 0) is 20.3 Å².